The molecule has 0 radical (unpaired) electrons. The topological polar surface area (TPSA) is 118 Å². The molecule has 44 heavy (non-hydrogen) atoms. The molecule has 7 rings (SSSR count). The van der Waals surface area contributed by atoms with Crippen molar-refractivity contribution in [3.8, 4) is 5.75 Å². The van der Waals surface area contributed by atoms with Crippen LogP contribution in [0.1, 0.15) is 75.9 Å². The van der Waals surface area contributed by atoms with Crippen LogP contribution < -0.4 is 9.47 Å². The molecule has 5 aliphatic rings. The van der Waals surface area contributed by atoms with Crippen LogP contribution in [0.3, 0.4) is 0 Å². The van der Waals surface area contributed by atoms with E-state index in [4.69, 9.17) is 18.8 Å². The molecule has 0 N–H and O–H groups in total. The number of esters is 1. The van der Waals surface area contributed by atoms with E-state index >= 15 is 0 Å². The Morgan fingerprint density at radius 3 is 2.55 bits per heavy atom. The van der Waals surface area contributed by atoms with Crippen molar-refractivity contribution in [2.75, 3.05) is 13.1 Å². The Hall–Kier alpha value is -2.67. The second-order valence-electron chi connectivity index (χ2n) is 14.6. The second-order valence-corrected chi connectivity index (χ2v) is 16.5. The van der Waals surface area contributed by atoms with Crippen molar-refractivity contribution in [2.24, 2.45) is 17.3 Å². The maximum Gasteiger partial charge on any atom is 0.457 e. The fourth-order valence-corrected chi connectivity index (χ4v) is 9.15. The molecule has 238 valence electrons. The van der Waals surface area contributed by atoms with E-state index in [0.29, 0.717) is 40.6 Å². The van der Waals surface area contributed by atoms with Crippen LogP contribution in [0.25, 0.3) is 0 Å². The van der Waals surface area contributed by atoms with Gasteiger partial charge < -0.3 is 24.0 Å². The molecular formula is C32H43BN2O8S. The van der Waals surface area contributed by atoms with Gasteiger partial charge in [-0.2, -0.15) is 9.04 Å². The van der Waals surface area contributed by atoms with Crippen molar-refractivity contribution >= 4 is 23.1 Å². The molecule has 2 aromatic rings. The summed E-state index contributed by atoms with van der Waals surface area (Å²) < 4.78 is 52.4. The summed E-state index contributed by atoms with van der Waals surface area (Å²) in [5.74, 6) is 1.02. The number of benzene rings is 1. The normalized spacial score (nSPS) is 28.2. The summed E-state index contributed by atoms with van der Waals surface area (Å²) in [5, 5.41) is 11.7. The van der Waals surface area contributed by atoms with Gasteiger partial charge in [-0.25, -0.2) is 13.2 Å². The summed E-state index contributed by atoms with van der Waals surface area (Å²) in [7, 11) is -4.28. The molecule has 0 amide bonds. The van der Waals surface area contributed by atoms with Crippen LogP contribution in [-0.2, 0) is 30.5 Å². The molecule has 3 saturated carbocycles. The van der Waals surface area contributed by atoms with Gasteiger partial charge in [0.25, 0.3) is 0 Å². The Bertz CT molecular complexity index is 1570. The highest BCUT2D eigenvalue weighted by Crippen LogP contribution is 2.65. The summed E-state index contributed by atoms with van der Waals surface area (Å²) >= 11 is 0. The number of pyridine rings is 1. The van der Waals surface area contributed by atoms with Crippen molar-refractivity contribution in [1.29, 1.82) is 0 Å². The Labute approximate surface area is 260 Å². The lowest BCUT2D eigenvalue weighted by Gasteiger charge is -2.64. The maximum absolute atomic E-state index is 13.5. The molecule has 4 atom stereocenters. The quantitative estimate of drug-likeness (QED) is 0.184. The third-order valence-electron chi connectivity index (χ3n) is 10.3. The summed E-state index contributed by atoms with van der Waals surface area (Å²) in [6, 6.07) is 7.96. The van der Waals surface area contributed by atoms with Crippen molar-refractivity contribution in [3.05, 3.63) is 58.4 Å². The molecule has 0 spiro atoms. The second kappa shape index (κ2) is 10.7. The highest BCUT2D eigenvalue weighted by atomic mass is 32.2. The molecule has 2 aliphatic heterocycles. The van der Waals surface area contributed by atoms with E-state index in [0.717, 1.165) is 23.7 Å². The fraction of sp³-hybridized carbons (Fsp3) is 0.625. The number of ether oxygens (including phenoxy) is 2. The van der Waals surface area contributed by atoms with Gasteiger partial charge in [0.05, 0.1) is 24.8 Å². The highest BCUT2D eigenvalue weighted by Gasteiger charge is 2.67. The lowest BCUT2D eigenvalue weighted by molar-refractivity contribution is -0.646. The van der Waals surface area contributed by atoms with Gasteiger partial charge in [0.15, 0.2) is 6.20 Å². The smallest absolute Gasteiger partial charge is 0.457 e. The number of carbonyl (C=O) groups is 1. The van der Waals surface area contributed by atoms with Gasteiger partial charge in [0, 0.05) is 12.1 Å². The Morgan fingerprint density at radius 2 is 1.89 bits per heavy atom. The van der Waals surface area contributed by atoms with Crippen molar-refractivity contribution in [1.82, 2.24) is 4.31 Å². The van der Waals surface area contributed by atoms with Crippen molar-refractivity contribution < 1.29 is 36.7 Å². The third-order valence-corrected chi connectivity index (χ3v) is 12.1. The minimum absolute atomic E-state index is 0.0563. The molecule has 12 heteroatoms. The van der Waals surface area contributed by atoms with Crippen LogP contribution in [0.15, 0.2) is 41.6 Å². The first-order valence-corrected chi connectivity index (χ1v) is 17.0. The SMILES string of the molecule is Cc1c(CCB2O[C@@H]3C[C@@H]4C[C@@H](C4(C)C)[C@]3(C)O2)ccc(OC2CN(S(=O)(=O)c3cccc[n+]3[O-])C2)c1C(=O)OC(C)(C)C. The van der Waals surface area contributed by atoms with Gasteiger partial charge in [-0.3, -0.25) is 0 Å². The highest BCUT2D eigenvalue weighted by molar-refractivity contribution is 7.89. The standard InChI is InChI=1S/C32H43BN2O8S/c1-20-21(13-14-33-42-26-17-22-16-25(31(22,5)6)32(26,7)43-33)11-12-24(28(20)29(36)41-30(2,3)4)40-23-18-34(19-23)44(38,39)27-10-8-9-15-35(27)37/h8-12,15,22-23,25-26H,13-14,16-19H2,1-7H3/t22-,25-,26+,32-/m0/s1. The Morgan fingerprint density at radius 1 is 1.16 bits per heavy atom. The summed E-state index contributed by atoms with van der Waals surface area (Å²) in [4.78, 5) is 13.5. The van der Waals surface area contributed by atoms with Crippen molar-refractivity contribution in [3.63, 3.8) is 0 Å². The van der Waals surface area contributed by atoms with Gasteiger partial charge in [0.1, 0.15) is 23.0 Å². The number of carbonyl (C=O) groups excluding carboxylic acids is 1. The van der Waals surface area contributed by atoms with E-state index in [1.165, 1.54) is 28.9 Å². The van der Waals surface area contributed by atoms with Gasteiger partial charge in [-0.1, -0.05) is 19.9 Å². The molecule has 1 aromatic carbocycles. The molecule has 2 bridgehead atoms. The van der Waals surface area contributed by atoms with Gasteiger partial charge in [0.2, 0.25) is 0 Å². The number of aromatic nitrogens is 1. The van der Waals surface area contributed by atoms with Crippen LogP contribution in [-0.4, -0.2) is 62.3 Å². The average molecular weight is 627 g/mol. The first-order chi connectivity index (χ1) is 20.5. The largest absolute Gasteiger partial charge is 0.618 e. The number of rotatable bonds is 8. The first-order valence-electron chi connectivity index (χ1n) is 15.5. The lowest BCUT2D eigenvalue weighted by atomic mass is 9.43. The molecule has 1 aromatic heterocycles. The minimum atomic E-state index is -3.97. The predicted octanol–water partition coefficient (Wildman–Crippen LogP) is 4.31. The Kier molecular flexibility index (Phi) is 7.62. The molecule has 3 aliphatic carbocycles. The predicted molar refractivity (Wildman–Crippen MR) is 164 cm³/mol. The van der Waals surface area contributed by atoms with Crippen LogP contribution in [0.2, 0.25) is 6.32 Å². The van der Waals surface area contributed by atoms with Gasteiger partial charge in [-0.05, 0) is 101 Å². The zero-order valence-electron chi connectivity index (χ0n) is 26.7. The van der Waals surface area contributed by atoms with Crippen LogP contribution in [0, 0.1) is 29.4 Å². The van der Waals surface area contributed by atoms with Crippen LogP contribution in [0.5, 0.6) is 5.75 Å². The zero-order valence-corrected chi connectivity index (χ0v) is 27.5. The lowest BCUT2D eigenvalue weighted by Crippen LogP contribution is -2.65. The van der Waals surface area contributed by atoms with E-state index in [2.05, 4.69) is 20.8 Å². The van der Waals surface area contributed by atoms with Crippen LogP contribution >= 0.6 is 0 Å². The molecule has 2 saturated heterocycles. The number of hydrogen-bond donors (Lipinski definition) is 0. The van der Waals surface area contributed by atoms with Crippen molar-refractivity contribution in [2.45, 2.75) is 102 Å². The molecule has 0 unspecified atom stereocenters. The van der Waals surface area contributed by atoms with E-state index in [9.17, 15) is 18.4 Å². The van der Waals surface area contributed by atoms with E-state index < -0.39 is 27.7 Å². The Balaban J connectivity index is 1.16. The number of hydrogen-bond acceptors (Lipinski definition) is 8. The monoisotopic (exact) mass is 626 g/mol. The van der Waals surface area contributed by atoms with Gasteiger partial charge in [-0.15, -0.1) is 0 Å². The first kappa shape index (κ1) is 31.3. The summed E-state index contributed by atoms with van der Waals surface area (Å²) in [6.45, 7) is 14.3. The average Bonchev–Trinajstić information content (AvgIpc) is 3.24. The fourth-order valence-electron chi connectivity index (χ4n) is 7.63. The summed E-state index contributed by atoms with van der Waals surface area (Å²) in [6.07, 6.45) is 4.32. The molecule has 10 nitrogen and oxygen atoms in total. The third kappa shape index (κ3) is 5.31. The van der Waals surface area contributed by atoms with Gasteiger partial charge >= 0.3 is 28.1 Å². The van der Waals surface area contributed by atoms with E-state index in [1.807, 2.05) is 33.8 Å². The number of aryl methyl sites for hydroxylation is 1. The maximum atomic E-state index is 13.5. The summed E-state index contributed by atoms with van der Waals surface area (Å²) in [5.41, 5.74) is 1.34. The van der Waals surface area contributed by atoms with E-state index in [-0.39, 0.29) is 42.4 Å². The zero-order chi connectivity index (χ0) is 31.8. The molecule has 5 fully saturated rings. The van der Waals surface area contributed by atoms with E-state index in [1.54, 1.807) is 6.07 Å². The minimum Gasteiger partial charge on any atom is -0.618 e. The molecule has 3 heterocycles. The number of nitrogens with zero attached hydrogens (tertiary/aromatic N) is 2. The number of sulfonamides is 1. The van der Waals surface area contributed by atoms with Crippen LogP contribution in [0.4, 0.5) is 0 Å². The molecular weight excluding hydrogens is 583 g/mol.